The molecule has 0 amide bonds. The van der Waals surface area contributed by atoms with Crippen LogP contribution in [0.4, 0.5) is 0 Å². The predicted octanol–water partition coefficient (Wildman–Crippen LogP) is 2.96. The molecule has 1 fully saturated rings. The fourth-order valence-corrected chi connectivity index (χ4v) is 2.36. The second kappa shape index (κ2) is 9.28. The first kappa shape index (κ1) is 19.1. The second-order valence-corrected chi connectivity index (χ2v) is 6.47. The first-order valence-electron chi connectivity index (χ1n) is 8.07. The van der Waals surface area contributed by atoms with Crippen molar-refractivity contribution in [3.05, 3.63) is 11.6 Å². The van der Waals surface area contributed by atoms with Crippen molar-refractivity contribution >= 4 is 5.97 Å². The van der Waals surface area contributed by atoms with E-state index in [4.69, 9.17) is 14.2 Å². The Bertz CT molecular complexity index is 364. The van der Waals surface area contributed by atoms with Crippen molar-refractivity contribution in [3.8, 4) is 0 Å². The maximum atomic E-state index is 11.1. The summed E-state index contributed by atoms with van der Waals surface area (Å²) >= 11 is 0. The summed E-state index contributed by atoms with van der Waals surface area (Å²) in [5.74, 6) is -0.369. The van der Waals surface area contributed by atoms with E-state index in [0.717, 1.165) is 37.9 Å². The Morgan fingerprint density at radius 2 is 2.14 bits per heavy atom. The summed E-state index contributed by atoms with van der Waals surface area (Å²) in [5.41, 5.74) is 0.107. The lowest BCUT2D eigenvalue weighted by molar-refractivity contribution is -0.160. The summed E-state index contributed by atoms with van der Waals surface area (Å²) < 4.78 is 16.4. The zero-order chi connectivity index (χ0) is 16.6. The average molecular weight is 314 g/mol. The lowest BCUT2D eigenvalue weighted by atomic mass is 9.95. The van der Waals surface area contributed by atoms with Gasteiger partial charge >= 0.3 is 5.97 Å². The molecule has 2 atom stereocenters. The van der Waals surface area contributed by atoms with Gasteiger partial charge in [-0.3, -0.25) is 4.79 Å². The second-order valence-electron chi connectivity index (χ2n) is 6.47. The van der Waals surface area contributed by atoms with Gasteiger partial charge in [0.25, 0.3) is 0 Å². The van der Waals surface area contributed by atoms with Crippen LogP contribution in [0.2, 0.25) is 0 Å². The molecule has 1 aliphatic rings. The summed E-state index contributed by atoms with van der Waals surface area (Å²) in [7, 11) is 0. The van der Waals surface area contributed by atoms with Gasteiger partial charge in [-0.2, -0.15) is 0 Å². The van der Waals surface area contributed by atoms with Gasteiger partial charge in [0.2, 0.25) is 0 Å². The smallest absolute Gasteiger partial charge is 0.303 e. The molecule has 0 unspecified atom stereocenters. The average Bonchev–Trinajstić information content (AvgIpc) is 2.43. The molecular formula is C17H30O5. The third kappa shape index (κ3) is 7.92. The van der Waals surface area contributed by atoms with Crippen LogP contribution in [0.25, 0.3) is 0 Å². The molecular weight excluding hydrogens is 284 g/mol. The van der Waals surface area contributed by atoms with Crippen molar-refractivity contribution < 1.29 is 24.1 Å². The van der Waals surface area contributed by atoms with E-state index in [1.807, 2.05) is 13.0 Å². The Morgan fingerprint density at radius 1 is 1.41 bits per heavy atom. The summed E-state index contributed by atoms with van der Waals surface area (Å²) in [4.78, 5) is 11.1. The van der Waals surface area contributed by atoms with E-state index in [0.29, 0.717) is 13.0 Å². The largest absolute Gasteiger partial charge is 0.460 e. The molecule has 5 heteroatoms. The molecule has 0 spiro atoms. The molecule has 0 bridgehead atoms. The van der Waals surface area contributed by atoms with Gasteiger partial charge < -0.3 is 19.3 Å². The minimum atomic E-state index is -1.04. The third-order valence-electron chi connectivity index (χ3n) is 3.75. The first-order valence-corrected chi connectivity index (χ1v) is 8.07. The minimum Gasteiger partial charge on any atom is -0.460 e. The number of rotatable bonds is 8. The normalized spacial score (nSPS) is 21.5. The van der Waals surface area contributed by atoms with Gasteiger partial charge in [0.15, 0.2) is 6.29 Å². The van der Waals surface area contributed by atoms with Crippen molar-refractivity contribution in [2.24, 2.45) is 0 Å². The van der Waals surface area contributed by atoms with Crippen LogP contribution in [0.15, 0.2) is 11.6 Å². The van der Waals surface area contributed by atoms with Crippen molar-refractivity contribution in [2.75, 3.05) is 13.2 Å². The fraction of sp³-hybridized carbons (Fsp3) is 0.824. The summed E-state index contributed by atoms with van der Waals surface area (Å²) in [5, 5.41) is 10.0. The standard InChI is InChI=1S/C17H30O5/c1-13(10-12-21-16-7-5-6-11-20-16)8-9-15(17(3,4)19)22-14(2)18/h10,15-16,19H,5-9,11-12H2,1-4H3/b13-10-/t15-,16+/m0/s1. The highest BCUT2D eigenvalue weighted by Gasteiger charge is 2.29. The Labute approximate surface area is 133 Å². The molecule has 1 aliphatic heterocycles. The number of allylic oxidation sites excluding steroid dienone is 1. The molecule has 0 aromatic heterocycles. The number of ether oxygens (including phenoxy) is 3. The Kier molecular flexibility index (Phi) is 8.07. The molecule has 0 aliphatic carbocycles. The number of hydrogen-bond acceptors (Lipinski definition) is 5. The van der Waals surface area contributed by atoms with Crippen molar-refractivity contribution in [1.82, 2.24) is 0 Å². The van der Waals surface area contributed by atoms with Crippen LogP contribution < -0.4 is 0 Å². The molecule has 1 heterocycles. The zero-order valence-electron chi connectivity index (χ0n) is 14.3. The van der Waals surface area contributed by atoms with E-state index in [-0.39, 0.29) is 12.3 Å². The molecule has 1 N–H and O–H groups in total. The van der Waals surface area contributed by atoms with Crippen LogP contribution in [0.1, 0.15) is 59.8 Å². The van der Waals surface area contributed by atoms with Crippen molar-refractivity contribution in [2.45, 2.75) is 77.8 Å². The highest BCUT2D eigenvalue weighted by atomic mass is 16.7. The van der Waals surface area contributed by atoms with Gasteiger partial charge in [-0.05, 0) is 52.9 Å². The Morgan fingerprint density at radius 3 is 2.68 bits per heavy atom. The van der Waals surface area contributed by atoms with Crippen LogP contribution >= 0.6 is 0 Å². The number of carbonyl (C=O) groups is 1. The molecule has 0 saturated carbocycles. The third-order valence-corrected chi connectivity index (χ3v) is 3.75. The molecule has 5 nitrogen and oxygen atoms in total. The van der Waals surface area contributed by atoms with E-state index in [1.54, 1.807) is 13.8 Å². The number of aliphatic hydroxyl groups is 1. The fourth-order valence-electron chi connectivity index (χ4n) is 2.36. The summed E-state index contributed by atoms with van der Waals surface area (Å²) in [6.45, 7) is 7.99. The minimum absolute atomic E-state index is 0.0806. The Hall–Kier alpha value is -0.910. The predicted molar refractivity (Wildman–Crippen MR) is 84.4 cm³/mol. The lowest BCUT2D eigenvalue weighted by Crippen LogP contribution is -2.39. The van der Waals surface area contributed by atoms with E-state index >= 15 is 0 Å². The highest BCUT2D eigenvalue weighted by Crippen LogP contribution is 2.20. The van der Waals surface area contributed by atoms with Crippen LogP contribution in [-0.4, -0.2) is 42.3 Å². The molecule has 22 heavy (non-hydrogen) atoms. The molecule has 1 saturated heterocycles. The maximum absolute atomic E-state index is 11.1. The SMILES string of the molecule is CC(=O)O[C@@H](CC/C(C)=C\CO[C@@H]1CCCCO1)C(C)(C)O. The number of hydrogen-bond donors (Lipinski definition) is 1. The van der Waals surface area contributed by atoms with E-state index in [2.05, 4.69) is 0 Å². The molecule has 0 aromatic carbocycles. The number of esters is 1. The van der Waals surface area contributed by atoms with E-state index in [9.17, 15) is 9.90 Å². The van der Waals surface area contributed by atoms with Gasteiger partial charge in [0.05, 0.1) is 12.2 Å². The summed E-state index contributed by atoms with van der Waals surface area (Å²) in [6, 6.07) is 0. The molecule has 1 rings (SSSR count). The zero-order valence-corrected chi connectivity index (χ0v) is 14.3. The van der Waals surface area contributed by atoms with Crippen LogP contribution in [0.3, 0.4) is 0 Å². The van der Waals surface area contributed by atoms with Gasteiger partial charge in [0.1, 0.15) is 6.10 Å². The van der Waals surface area contributed by atoms with Gasteiger partial charge in [-0.1, -0.05) is 11.6 Å². The Balaban J connectivity index is 2.33. The molecule has 0 aromatic rings. The van der Waals surface area contributed by atoms with E-state index < -0.39 is 11.7 Å². The molecule has 128 valence electrons. The van der Waals surface area contributed by atoms with Gasteiger partial charge in [0, 0.05) is 13.5 Å². The monoisotopic (exact) mass is 314 g/mol. The highest BCUT2D eigenvalue weighted by molar-refractivity contribution is 5.66. The van der Waals surface area contributed by atoms with Gasteiger partial charge in [-0.25, -0.2) is 0 Å². The molecule has 0 radical (unpaired) electrons. The lowest BCUT2D eigenvalue weighted by Gasteiger charge is -2.28. The quantitative estimate of drug-likeness (QED) is 0.551. The van der Waals surface area contributed by atoms with Crippen molar-refractivity contribution in [3.63, 3.8) is 0 Å². The number of carbonyl (C=O) groups excluding carboxylic acids is 1. The topological polar surface area (TPSA) is 65.0 Å². The van der Waals surface area contributed by atoms with Gasteiger partial charge in [-0.15, -0.1) is 0 Å². The van der Waals surface area contributed by atoms with Crippen molar-refractivity contribution in [1.29, 1.82) is 0 Å². The summed E-state index contributed by atoms with van der Waals surface area (Å²) in [6.07, 6.45) is 6.00. The first-order chi connectivity index (χ1) is 10.3. The maximum Gasteiger partial charge on any atom is 0.303 e. The van der Waals surface area contributed by atoms with Crippen LogP contribution in [0, 0.1) is 0 Å². The van der Waals surface area contributed by atoms with Crippen LogP contribution in [-0.2, 0) is 19.0 Å². The van der Waals surface area contributed by atoms with Crippen LogP contribution in [0.5, 0.6) is 0 Å². The van der Waals surface area contributed by atoms with E-state index in [1.165, 1.54) is 6.92 Å².